The van der Waals surface area contributed by atoms with E-state index >= 15 is 0 Å². The van der Waals surface area contributed by atoms with Gasteiger partial charge < -0.3 is 0 Å². The van der Waals surface area contributed by atoms with Crippen molar-refractivity contribution in [1.29, 1.82) is 0 Å². The van der Waals surface area contributed by atoms with E-state index in [1.54, 1.807) is 34.6 Å². The molecule has 4 heteroatoms. The molecular formula is C13H20BO2S. The Morgan fingerprint density at radius 1 is 1.00 bits per heavy atom. The van der Waals surface area contributed by atoms with Crippen molar-refractivity contribution in [1.82, 2.24) is 0 Å². The minimum Gasteiger partial charge on any atom is -0.295 e. The molecule has 0 saturated heterocycles. The van der Waals surface area contributed by atoms with Crippen molar-refractivity contribution in [2.45, 2.75) is 39.9 Å². The number of Topliss-reactive ketones (excluding diaryl/α,β-unsaturated/α-hetero) is 2. The zero-order chi connectivity index (χ0) is 14.0. The van der Waals surface area contributed by atoms with Crippen molar-refractivity contribution >= 4 is 30.6 Å². The quantitative estimate of drug-likeness (QED) is 0.447. The monoisotopic (exact) mass is 251 g/mol. The molecule has 0 saturated carbocycles. The van der Waals surface area contributed by atoms with Crippen LogP contribution in [0.15, 0.2) is 24.3 Å². The fraction of sp³-hybridized carbons (Fsp3) is 0.538. The van der Waals surface area contributed by atoms with Crippen LogP contribution in [0.4, 0.5) is 0 Å². The molecule has 0 aliphatic rings. The predicted octanol–water partition coefficient (Wildman–Crippen LogP) is 3.03. The number of thiol groups is 1. The minimum absolute atomic E-state index is 0.139. The van der Waals surface area contributed by atoms with Crippen LogP contribution in [0.25, 0.3) is 0 Å². The van der Waals surface area contributed by atoms with Crippen LogP contribution in [0.2, 0.25) is 5.31 Å². The van der Waals surface area contributed by atoms with E-state index in [-0.39, 0.29) is 11.6 Å². The molecule has 0 aliphatic carbocycles. The van der Waals surface area contributed by atoms with Gasteiger partial charge in [-0.15, -0.1) is 0 Å². The largest absolute Gasteiger partial charge is 0.295 e. The number of carbonyl (C=O) groups excluding carboxylic acids is 2. The lowest BCUT2D eigenvalue weighted by Crippen LogP contribution is -2.44. The summed E-state index contributed by atoms with van der Waals surface area (Å²) < 4.78 is 0. The third-order valence-electron chi connectivity index (χ3n) is 3.37. The standard InChI is InChI=1S/C13H20BO2S/c1-8(2)10(15)12(5,6)13(7,14-17)11(16)9(3)4/h17H,1,3H2,2,4-7H3. The summed E-state index contributed by atoms with van der Waals surface area (Å²) in [5.74, 6) is -0.313. The van der Waals surface area contributed by atoms with E-state index < -0.39 is 10.7 Å². The number of carbonyl (C=O) groups is 2. The van der Waals surface area contributed by atoms with E-state index in [1.807, 2.05) is 0 Å². The van der Waals surface area contributed by atoms with Crippen LogP contribution >= 0.6 is 12.5 Å². The highest BCUT2D eigenvalue weighted by molar-refractivity contribution is 8.07. The summed E-state index contributed by atoms with van der Waals surface area (Å²) in [6.07, 6.45) is 0. The van der Waals surface area contributed by atoms with E-state index in [1.165, 1.54) is 6.56 Å². The summed E-state index contributed by atoms with van der Waals surface area (Å²) in [5.41, 5.74) is -0.0392. The van der Waals surface area contributed by atoms with Gasteiger partial charge in [-0.1, -0.05) is 33.9 Å². The van der Waals surface area contributed by atoms with Crippen molar-refractivity contribution in [2.75, 3.05) is 0 Å². The second kappa shape index (κ2) is 5.26. The molecule has 0 aromatic carbocycles. The van der Waals surface area contributed by atoms with E-state index in [0.29, 0.717) is 11.1 Å². The number of hydrogen-bond acceptors (Lipinski definition) is 3. The molecule has 0 spiro atoms. The third-order valence-corrected chi connectivity index (χ3v) is 3.89. The fourth-order valence-corrected chi connectivity index (χ4v) is 2.16. The maximum Gasteiger partial charge on any atom is 0.204 e. The maximum atomic E-state index is 12.2. The Bertz CT molecular complexity index is 385. The van der Waals surface area contributed by atoms with E-state index in [4.69, 9.17) is 0 Å². The third kappa shape index (κ3) is 2.74. The van der Waals surface area contributed by atoms with Gasteiger partial charge in [0.25, 0.3) is 0 Å². The summed E-state index contributed by atoms with van der Waals surface area (Å²) >= 11 is 4.12. The van der Waals surface area contributed by atoms with Gasteiger partial charge in [-0.2, -0.15) is 0 Å². The van der Waals surface area contributed by atoms with Crippen molar-refractivity contribution < 1.29 is 9.59 Å². The van der Waals surface area contributed by atoms with Crippen molar-refractivity contribution in [3.8, 4) is 0 Å². The highest BCUT2D eigenvalue weighted by Crippen LogP contribution is 2.49. The first kappa shape index (κ1) is 16.2. The van der Waals surface area contributed by atoms with Gasteiger partial charge in [0.15, 0.2) is 11.6 Å². The Morgan fingerprint density at radius 3 is 1.59 bits per heavy atom. The van der Waals surface area contributed by atoms with Crippen molar-refractivity contribution in [3.63, 3.8) is 0 Å². The zero-order valence-electron chi connectivity index (χ0n) is 11.3. The van der Waals surface area contributed by atoms with E-state index in [9.17, 15) is 9.59 Å². The molecule has 0 N–H and O–H groups in total. The van der Waals surface area contributed by atoms with Crippen LogP contribution in [0, 0.1) is 5.41 Å². The molecule has 1 unspecified atom stereocenters. The van der Waals surface area contributed by atoms with Gasteiger partial charge in [0.1, 0.15) is 0 Å². The van der Waals surface area contributed by atoms with Crippen LogP contribution in [-0.4, -0.2) is 18.1 Å². The zero-order valence-corrected chi connectivity index (χ0v) is 12.1. The average molecular weight is 251 g/mol. The first-order valence-corrected chi connectivity index (χ1v) is 5.93. The summed E-state index contributed by atoms with van der Waals surface area (Å²) in [6.45, 7) is 17.2. The van der Waals surface area contributed by atoms with Crippen LogP contribution < -0.4 is 0 Å². The molecule has 0 aliphatic heterocycles. The van der Waals surface area contributed by atoms with Crippen LogP contribution in [0.1, 0.15) is 34.6 Å². The fourth-order valence-electron chi connectivity index (χ4n) is 1.72. The summed E-state index contributed by atoms with van der Waals surface area (Å²) in [7, 11) is 0. The molecule has 93 valence electrons. The smallest absolute Gasteiger partial charge is 0.204 e. The number of allylic oxidation sites excluding steroid dienone is 2. The Morgan fingerprint density at radius 2 is 1.35 bits per heavy atom. The number of rotatable bonds is 6. The Balaban J connectivity index is 5.67. The first-order valence-electron chi connectivity index (χ1n) is 5.41. The highest BCUT2D eigenvalue weighted by Gasteiger charge is 2.50. The van der Waals surface area contributed by atoms with Gasteiger partial charge in [-0.05, 0) is 25.0 Å². The normalized spacial score (nSPS) is 14.7. The summed E-state index contributed by atoms with van der Waals surface area (Å²) in [4.78, 5) is 24.4. The second-order valence-corrected chi connectivity index (χ2v) is 5.43. The SMILES string of the molecule is C=C(C)C(=O)C(C)(C)C(C)([B]S)C(=O)C(=C)C. The molecule has 0 fully saturated rings. The average Bonchev–Trinajstić information content (AvgIpc) is 2.24. The topological polar surface area (TPSA) is 34.1 Å². The molecule has 1 atom stereocenters. The number of hydrogen-bond donors (Lipinski definition) is 1. The second-order valence-electron chi connectivity index (χ2n) is 5.18. The first-order chi connectivity index (χ1) is 7.52. The highest BCUT2D eigenvalue weighted by atomic mass is 32.1. The summed E-state index contributed by atoms with van der Waals surface area (Å²) in [6, 6.07) is 0. The Labute approximate surface area is 110 Å². The molecule has 0 heterocycles. The lowest BCUT2D eigenvalue weighted by molar-refractivity contribution is -0.131. The van der Waals surface area contributed by atoms with Crippen molar-refractivity contribution in [3.05, 3.63) is 24.3 Å². The predicted molar refractivity (Wildman–Crippen MR) is 76.5 cm³/mol. The van der Waals surface area contributed by atoms with Gasteiger partial charge >= 0.3 is 0 Å². The Kier molecular flexibility index (Phi) is 5.02. The number of ketones is 2. The van der Waals surface area contributed by atoms with E-state index in [0.717, 1.165) is 0 Å². The lowest BCUT2D eigenvalue weighted by atomic mass is 9.49. The van der Waals surface area contributed by atoms with Gasteiger partial charge in [0, 0.05) is 10.7 Å². The molecule has 1 radical (unpaired) electrons. The molecule has 0 aromatic rings. The molecule has 17 heavy (non-hydrogen) atoms. The van der Waals surface area contributed by atoms with Gasteiger partial charge in [0.05, 0.1) is 0 Å². The molecule has 0 rings (SSSR count). The van der Waals surface area contributed by atoms with Gasteiger partial charge in [-0.3, -0.25) is 9.59 Å². The minimum atomic E-state index is -0.988. The molecular weight excluding hydrogens is 231 g/mol. The lowest BCUT2D eigenvalue weighted by Gasteiger charge is -2.41. The maximum absolute atomic E-state index is 12.2. The van der Waals surface area contributed by atoms with Crippen LogP contribution in [0.3, 0.4) is 0 Å². The molecule has 2 nitrogen and oxygen atoms in total. The van der Waals surface area contributed by atoms with E-state index in [2.05, 4.69) is 25.6 Å². The van der Waals surface area contributed by atoms with Crippen LogP contribution in [0.5, 0.6) is 0 Å². The molecule has 0 bridgehead atoms. The summed E-state index contributed by atoms with van der Waals surface area (Å²) in [5, 5.41) is -0.988. The van der Waals surface area contributed by atoms with Gasteiger partial charge in [0.2, 0.25) is 6.56 Å². The van der Waals surface area contributed by atoms with Crippen LogP contribution in [-0.2, 0) is 9.59 Å². The molecule has 0 amide bonds. The van der Waals surface area contributed by atoms with Gasteiger partial charge in [-0.25, -0.2) is 12.5 Å². The molecule has 0 aromatic heterocycles. The Hall–Kier alpha value is -0.765. The van der Waals surface area contributed by atoms with Crippen molar-refractivity contribution in [2.24, 2.45) is 5.41 Å².